The average Bonchev–Trinajstić information content (AvgIpc) is 3.11. The van der Waals surface area contributed by atoms with Crippen molar-refractivity contribution in [3.8, 4) is 5.69 Å². The molecule has 154 valence electrons. The molecule has 0 spiro atoms. The highest BCUT2D eigenvalue weighted by atomic mass is 35.5. The normalized spacial score (nSPS) is 15.1. The fourth-order valence-corrected chi connectivity index (χ4v) is 3.97. The molecule has 1 N–H and O–H groups in total. The molecule has 0 aliphatic carbocycles. The van der Waals surface area contributed by atoms with Crippen LogP contribution in [0.5, 0.6) is 0 Å². The first-order valence-electron chi connectivity index (χ1n) is 9.69. The van der Waals surface area contributed by atoms with Gasteiger partial charge in [0.2, 0.25) is 0 Å². The molecule has 0 unspecified atom stereocenters. The number of anilines is 1. The summed E-state index contributed by atoms with van der Waals surface area (Å²) in [5.41, 5.74) is 4.07. The minimum absolute atomic E-state index is 0.242. The number of rotatable bonds is 2. The van der Waals surface area contributed by atoms with E-state index in [0.29, 0.717) is 27.8 Å². The van der Waals surface area contributed by atoms with Crippen LogP contribution < -0.4 is 4.90 Å². The van der Waals surface area contributed by atoms with Crippen molar-refractivity contribution >= 4 is 34.7 Å². The molecule has 0 radical (unpaired) electrons. The van der Waals surface area contributed by atoms with Gasteiger partial charge in [-0.15, -0.1) is 0 Å². The third-order valence-electron chi connectivity index (χ3n) is 5.26. The lowest BCUT2D eigenvalue weighted by Crippen LogP contribution is -2.36. The molecule has 1 aromatic heterocycles. The van der Waals surface area contributed by atoms with Crippen LogP contribution in [-0.4, -0.2) is 38.3 Å². The van der Waals surface area contributed by atoms with E-state index in [1.54, 1.807) is 34.0 Å². The molecule has 3 aromatic rings. The quantitative estimate of drug-likeness (QED) is 0.639. The smallest absolute Gasteiger partial charge is 0.260 e. The second-order valence-electron chi connectivity index (χ2n) is 7.24. The molecular weight excluding hydrogens is 414 g/mol. The molecule has 2 aromatic carbocycles. The van der Waals surface area contributed by atoms with Gasteiger partial charge in [-0.2, -0.15) is 5.10 Å². The summed E-state index contributed by atoms with van der Waals surface area (Å²) in [6, 6.07) is 14.5. The minimum atomic E-state index is -0.252. The summed E-state index contributed by atoms with van der Waals surface area (Å²) in [5.74, 6) is 0.137. The lowest BCUT2D eigenvalue weighted by molar-refractivity contribution is 0.0373. The predicted octanol–water partition coefficient (Wildman–Crippen LogP) is 4.67. The van der Waals surface area contributed by atoms with Gasteiger partial charge in [0.15, 0.2) is 5.84 Å². The molecule has 2 aliphatic rings. The molecule has 0 saturated carbocycles. The van der Waals surface area contributed by atoms with Gasteiger partial charge in [-0.3, -0.25) is 10.0 Å². The van der Waals surface area contributed by atoms with Gasteiger partial charge in [-0.1, -0.05) is 29.8 Å². The number of aryl methyl sites for hydroxylation is 1. The minimum Gasteiger partial charge on any atom is -0.302 e. The second-order valence-corrected chi connectivity index (χ2v) is 7.65. The van der Waals surface area contributed by atoms with Crippen molar-refractivity contribution in [2.24, 2.45) is 4.99 Å². The average molecular weight is 432 g/mol. The Bertz CT molecular complexity index is 1290. The SMILES string of the molecule is Cc1ccnn1-c1ccc(C(=O)N2CC3=CC=CN(O)C3=Nc3ccccc32)c(Cl)c1. The maximum absolute atomic E-state index is 13.6. The van der Waals surface area contributed by atoms with E-state index in [4.69, 9.17) is 11.6 Å². The first-order chi connectivity index (χ1) is 15.0. The summed E-state index contributed by atoms with van der Waals surface area (Å²) < 4.78 is 1.76. The zero-order valence-corrected chi connectivity index (χ0v) is 17.4. The van der Waals surface area contributed by atoms with E-state index >= 15 is 0 Å². The van der Waals surface area contributed by atoms with Crippen LogP contribution in [0.4, 0.5) is 11.4 Å². The lowest BCUT2D eigenvalue weighted by Gasteiger charge is -2.25. The number of hydroxylamine groups is 2. The third kappa shape index (κ3) is 3.34. The molecule has 2 aliphatic heterocycles. The Morgan fingerprint density at radius 3 is 2.77 bits per heavy atom. The molecule has 5 rings (SSSR count). The van der Waals surface area contributed by atoms with Crippen LogP contribution in [0, 0.1) is 6.92 Å². The van der Waals surface area contributed by atoms with Crippen molar-refractivity contribution in [1.29, 1.82) is 0 Å². The van der Waals surface area contributed by atoms with Crippen LogP contribution in [0.2, 0.25) is 5.02 Å². The number of fused-ring (bicyclic) bond motifs is 2. The number of para-hydroxylation sites is 2. The number of benzene rings is 2. The molecule has 0 bridgehead atoms. The molecule has 1 amide bonds. The van der Waals surface area contributed by atoms with Gasteiger partial charge in [0.25, 0.3) is 5.91 Å². The van der Waals surface area contributed by atoms with E-state index in [0.717, 1.165) is 22.0 Å². The van der Waals surface area contributed by atoms with Crippen molar-refractivity contribution in [3.05, 3.63) is 94.9 Å². The first kappa shape index (κ1) is 19.3. The summed E-state index contributed by atoms with van der Waals surface area (Å²) in [6.07, 6.45) is 6.77. The Kier molecular flexibility index (Phi) is 4.69. The van der Waals surface area contributed by atoms with E-state index in [1.165, 1.54) is 6.20 Å². The third-order valence-corrected chi connectivity index (χ3v) is 5.57. The number of hydrogen-bond donors (Lipinski definition) is 1. The van der Waals surface area contributed by atoms with Crippen LogP contribution in [-0.2, 0) is 0 Å². The fraction of sp³-hybridized carbons (Fsp3) is 0.0870. The fourth-order valence-electron chi connectivity index (χ4n) is 3.71. The topological polar surface area (TPSA) is 74.0 Å². The van der Waals surface area contributed by atoms with Crippen LogP contribution >= 0.6 is 11.6 Å². The van der Waals surface area contributed by atoms with Crippen LogP contribution in [0.25, 0.3) is 5.69 Å². The summed E-state index contributed by atoms with van der Waals surface area (Å²) >= 11 is 6.55. The second kappa shape index (κ2) is 7.54. The molecule has 3 heterocycles. The Morgan fingerprint density at radius 1 is 1.16 bits per heavy atom. The zero-order valence-electron chi connectivity index (χ0n) is 16.6. The number of allylic oxidation sites excluding steroid dienone is 2. The van der Waals surface area contributed by atoms with Crippen LogP contribution in [0.15, 0.2) is 83.6 Å². The Hall–Kier alpha value is -3.68. The van der Waals surface area contributed by atoms with Gasteiger partial charge in [0.1, 0.15) is 0 Å². The predicted molar refractivity (Wildman–Crippen MR) is 119 cm³/mol. The van der Waals surface area contributed by atoms with E-state index in [-0.39, 0.29) is 12.5 Å². The number of nitrogens with zero attached hydrogens (tertiary/aromatic N) is 5. The monoisotopic (exact) mass is 431 g/mol. The summed E-state index contributed by atoms with van der Waals surface area (Å²) in [5, 5.41) is 15.8. The van der Waals surface area contributed by atoms with Gasteiger partial charge in [-0.25, -0.2) is 14.7 Å². The van der Waals surface area contributed by atoms with E-state index in [2.05, 4.69) is 10.1 Å². The number of aromatic nitrogens is 2. The standard InChI is InChI=1S/C23H18ClN5O2/c1-15-10-11-25-29(15)17-8-9-18(19(24)13-17)23(30)27-14-16-5-4-12-28(31)22(16)26-20-6-2-3-7-21(20)27/h2-13,31H,14H2,1H3. The van der Waals surface area contributed by atoms with Crippen molar-refractivity contribution in [1.82, 2.24) is 14.8 Å². The molecule has 8 heteroatoms. The van der Waals surface area contributed by atoms with Gasteiger partial charge in [0, 0.05) is 23.7 Å². The molecule has 31 heavy (non-hydrogen) atoms. The van der Waals surface area contributed by atoms with Crippen LogP contribution in [0.1, 0.15) is 16.1 Å². The number of carbonyl (C=O) groups excluding carboxylic acids is 1. The number of carbonyl (C=O) groups is 1. The molecule has 0 atom stereocenters. The highest BCUT2D eigenvalue weighted by Gasteiger charge is 2.29. The molecule has 0 fully saturated rings. The van der Waals surface area contributed by atoms with Gasteiger partial charge in [0.05, 0.1) is 34.2 Å². The lowest BCUT2D eigenvalue weighted by atomic mass is 10.1. The number of amidine groups is 1. The van der Waals surface area contributed by atoms with E-state index < -0.39 is 0 Å². The number of halogens is 1. The molecular formula is C23H18ClN5O2. The largest absolute Gasteiger partial charge is 0.302 e. The van der Waals surface area contributed by atoms with Gasteiger partial charge in [-0.05, 0) is 49.4 Å². The number of amides is 1. The zero-order chi connectivity index (χ0) is 21.5. The van der Waals surface area contributed by atoms with Crippen molar-refractivity contribution in [2.75, 3.05) is 11.4 Å². The first-order valence-corrected chi connectivity index (χ1v) is 10.1. The molecule has 7 nitrogen and oxygen atoms in total. The van der Waals surface area contributed by atoms with Crippen molar-refractivity contribution in [2.45, 2.75) is 6.92 Å². The molecule has 0 saturated heterocycles. The number of hydrogen-bond acceptors (Lipinski definition) is 5. The van der Waals surface area contributed by atoms with Gasteiger partial charge >= 0.3 is 0 Å². The summed E-state index contributed by atoms with van der Waals surface area (Å²) in [6.45, 7) is 2.19. The van der Waals surface area contributed by atoms with Crippen molar-refractivity contribution in [3.63, 3.8) is 0 Å². The Morgan fingerprint density at radius 2 is 2.00 bits per heavy atom. The summed E-state index contributed by atoms with van der Waals surface area (Å²) in [7, 11) is 0. The Labute approximate surface area is 183 Å². The Balaban J connectivity index is 1.56. The number of aliphatic imine (C=N–C) groups is 1. The van der Waals surface area contributed by atoms with Crippen molar-refractivity contribution < 1.29 is 10.0 Å². The highest BCUT2D eigenvalue weighted by Crippen LogP contribution is 2.35. The maximum atomic E-state index is 13.6. The maximum Gasteiger partial charge on any atom is 0.260 e. The van der Waals surface area contributed by atoms with E-state index in [1.807, 2.05) is 49.4 Å². The van der Waals surface area contributed by atoms with E-state index in [9.17, 15) is 10.0 Å². The van der Waals surface area contributed by atoms with Crippen LogP contribution in [0.3, 0.4) is 0 Å². The highest BCUT2D eigenvalue weighted by molar-refractivity contribution is 6.35. The van der Waals surface area contributed by atoms with Gasteiger partial charge < -0.3 is 4.90 Å². The summed E-state index contributed by atoms with van der Waals surface area (Å²) in [4.78, 5) is 19.8.